The van der Waals surface area contributed by atoms with Gasteiger partial charge in [0.15, 0.2) is 0 Å². The van der Waals surface area contributed by atoms with E-state index in [-0.39, 0.29) is 0 Å². The predicted octanol–water partition coefficient (Wildman–Crippen LogP) is 6.52. The molecule has 0 bridgehead atoms. The third-order valence-corrected chi connectivity index (χ3v) is 5.42. The monoisotopic (exact) mass is 300 g/mol. The molecule has 2 aliphatic rings. The summed E-state index contributed by atoms with van der Waals surface area (Å²) in [5, 5.41) is 0. The van der Waals surface area contributed by atoms with Crippen LogP contribution in [-0.2, 0) is 6.42 Å². The highest BCUT2D eigenvalue weighted by Crippen LogP contribution is 2.47. The number of benzene rings is 2. The lowest BCUT2D eigenvalue weighted by Gasteiger charge is -2.16. The highest BCUT2D eigenvalue weighted by atomic mass is 14.3. The first-order chi connectivity index (χ1) is 11.3. The van der Waals surface area contributed by atoms with Crippen molar-refractivity contribution in [1.82, 2.24) is 0 Å². The molecule has 2 aromatic rings. The van der Waals surface area contributed by atoms with Crippen LogP contribution >= 0.6 is 0 Å². The van der Waals surface area contributed by atoms with E-state index < -0.39 is 0 Å². The topological polar surface area (TPSA) is 0 Å². The van der Waals surface area contributed by atoms with Crippen LogP contribution in [0.1, 0.15) is 49.3 Å². The molecular formula is C23H24. The molecule has 0 aromatic heterocycles. The van der Waals surface area contributed by atoms with Crippen LogP contribution in [0.3, 0.4) is 0 Å². The van der Waals surface area contributed by atoms with Crippen molar-refractivity contribution in [2.75, 3.05) is 0 Å². The maximum Gasteiger partial charge on any atom is -0.0109 e. The number of fused-ring (bicyclic) bond motifs is 1. The molecule has 1 unspecified atom stereocenters. The van der Waals surface area contributed by atoms with E-state index in [2.05, 4.69) is 56.0 Å². The average molecular weight is 300 g/mol. The predicted molar refractivity (Wildman–Crippen MR) is 100 cm³/mol. The van der Waals surface area contributed by atoms with Crippen LogP contribution in [0.2, 0.25) is 0 Å². The smallest absolute Gasteiger partial charge is 0.0109 e. The lowest BCUT2D eigenvalue weighted by molar-refractivity contribution is 0.771. The lowest BCUT2D eigenvalue weighted by Crippen LogP contribution is -1.96. The van der Waals surface area contributed by atoms with E-state index in [0.29, 0.717) is 0 Å². The zero-order chi connectivity index (χ0) is 15.8. The molecule has 2 aliphatic carbocycles. The fraction of sp³-hybridized carbons (Fsp3) is 0.304. The van der Waals surface area contributed by atoms with Crippen LogP contribution < -0.4 is 0 Å². The minimum Gasteiger partial charge on any atom is -0.0984 e. The van der Waals surface area contributed by atoms with Crippen molar-refractivity contribution in [2.45, 2.75) is 39.0 Å². The minimum atomic E-state index is 0.806. The molecule has 0 saturated heterocycles. The van der Waals surface area contributed by atoms with Gasteiger partial charge in [0, 0.05) is 0 Å². The molecule has 0 amide bonds. The van der Waals surface area contributed by atoms with Gasteiger partial charge in [0.2, 0.25) is 0 Å². The van der Waals surface area contributed by atoms with Crippen LogP contribution in [0.15, 0.2) is 54.6 Å². The molecule has 2 aromatic carbocycles. The summed E-state index contributed by atoms with van der Waals surface area (Å²) in [5.41, 5.74) is 10.4. The summed E-state index contributed by atoms with van der Waals surface area (Å²) in [6, 6.07) is 15.5. The lowest BCUT2D eigenvalue weighted by atomic mass is 9.88. The summed E-state index contributed by atoms with van der Waals surface area (Å²) < 4.78 is 0. The Morgan fingerprint density at radius 3 is 2.39 bits per heavy atom. The Morgan fingerprint density at radius 1 is 0.913 bits per heavy atom. The van der Waals surface area contributed by atoms with Gasteiger partial charge in [0.25, 0.3) is 0 Å². The molecule has 0 N–H and O–H groups in total. The Labute approximate surface area is 139 Å². The Morgan fingerprint density at radius 2 is 1.61 bits per heavy atom. The van der Waals surface area contributed by atoms with Gasteiger partial charge in [-0.25, -0.2) is 0 Å². The van der Waals surface area contributed by atoms with E-state index >= 15 is 0 Å². The Kier molecular flexibility index (Phi) is 3.69. The van der Waals surface area contributed by atoms with E-state index in [1.54, 1.807) is 16.7 Å². The van der Waals surface area contributed by atoms with Crippen LogP contribution in [0.5, 0.6) is 0 Å². The molecule has 0 nitrogen and oxygen atoms in total. The van der Waals surface area contributed by atoms with Gasteiger partial charge < -0.3 is 0 Å². The summed E-state index contributed by atoms with van der Waals surface area (Å²) in [7, 11) is 0. The van der Waals surface area contributed by atoms with Crippen LogP contribution in [0.4, 0.5) is 0 Å². The number of allylic oxidation sites excluding steroid dienone is 2. The summed E-state index contributed by atoms with van der Waals surface area (Å²) >= 11 is 0. The molecular weight excluding hydrogens is 276 g/mol. The van der Waals surface area contributed by atoms with Crippen molar-refractivity contribution in [1.29, 1.82) is 0 Å². The van der Waals surface area contributed by atoms with E-state index in [0.717, 1.165) is 5.92 Å². The first-order valence-electron chi connectivity index (χ1n) is 8.85. The highest BCUT2D eigenvalue weighted by Gasteiger charge is 2.30. The van der Waals surface area contributed by atoms with Gasteiger partial charge in [-0.15, -0.1) is 0 Å². The zero-order valence-corrected chi connectivity index (χ0v) is 13.9. The summed E-state index contributed by atoms with van der Waals surface area (Å²) in [4.78, 5) is 0. The largest absolute Gasteiger partial charge is 0.0984 e. The number of rotatable bonds is 2. The second-order valence-electron chi connectivity index (χ2n) is 6.94. The fourth-order valence-electron chi connectivity index (χ4n) is 4.07. The molecule has 116 valence electrons. The van der Waals surface area contributed by atoms with Gasteiger partial charge >= 0.3 is 0 Å². The van der Waals surface area contributed by atoms with Crippen LogP contribution in [0, 0.1) is 5.92 Å². The van der Waals surface area contributed by atoms with Gasteiger partial charge in [-0.3, -0.25) is 0 Å². The number of hydrogen-bond acceptors (Lipinski definition) is 0. The van der Waals surface area contributed by atoms with Crippen molar-refractivity contribution in [3.05, 3.63) is 71.3 Å². The molecule has 1 fully saturated rings. The van der Waals surface area contributed by atoms with Gasteiger partial charge in [-0.1, -0.05) is 67.6 Å². The van der Waals surface area contributed by atoms with Gasteiger partial charge in [-0.05, 0) is 71.4 Å². The summed E-state index contributed by atoms with van der Waals surface area (Å²) in [6.45, 7) is 6.37. The van der Waals surface area contributed by atoms with Crippen molar-refractivity contribution in [2.24, 2.45) is 5.92 Å². The highest BCUT2D eigenvalue weighted by molar-refractivity contribution is 5.83. The Balaban J connectivity index is 1.93. The third-order valence-electron chi connectivity index (χ3n) is 5.42. The molecule has 1 saturated carbocycles. The first-order valence-corrected chi connectivity index (χ1v) is 8.85. The van der Waals surface area contributed by atoms with E-state index in [1.165, 1.54) is 54.4 Å². The molecule has 23 heavy (non-hydrogen) atoms. The molecule has 0 heteroatoms. The summed E-state index contributed by atoms with van der Waals surface area (Å²) in [6.07, 6.45) is 8.37. The minimum absolute atomic E-state index is 0.806. The van der Waals surface area contributed by atoms with Crippen molar-refractivity contribution in [3.63, 3.8) is 0 Å². The van der Waals surface area contributed by atoms with Crippen LogP contribution in [-0.4, -0.2) is 0 Å². The summed E-state index contributed by atoms with van der Waals surface area (Å²) in [5.74, 6) is 0.806. The molecule has 0 heterocycles. The van der Waals surface area contributed by atoms with Crippen LogP contribution in [0.25, 0.3) is 22.8 Å². The van der Waals surface area contributed by atoms with Crippen molar-refractivity contribution in [3.8, 4) is 11.1 Å². The van der Waals surface area contributed by atoms with Crippen molar-refractivity contribution >= 4 is 11.6 Å². The van der Waals surface area contributed by atoms with Gasteiger partial charge in [-0.2, -0.15) is 0 Å². The maximum atomic E-state index is 4.00. The van der Waals surface area contributed by atoms with E-state index in [4.69, 9.17) is 0 Å². The van der Waals surface area contributed by atoms with Gasteiger partial charge in [0.05, 0.1) is 0 Å². The SMILES string of the molecule is C=Cc1ccccc1-c1cccc2c1CCCCC2=C1CC1C. The molecule has 0 radical (unpaired) electrons. The van der Waals surface area contributed by atoms with E-state index in [1.807, 2.05) is 6.08 Å². The normalized spacial score (nSPS) is 23.1. The third kappa shape index (κ3) is 2.57. The Hall–Kier alpha value is -2.08. The van der Waals surface area contributed by atoms with E-state index in [9.17, 15) is 0 Å². The fourth-order valence-corrected chi connectivity index (χ4v) is 4.07. The molecule has 4 rings (SSSR count). The maximum absolute atomic E-state index is 4.00. The molecule has 0 aliphatic heterocycles. The number of hydrogen-bond donors (Lipinski definition) is 0. The quantitative estimate of drug-likeness (QED) is 0.554. The second-order valence-corrected chi connectivity index (χ2v) is 6.94. The standard InChI is InChI=1S/C23H24/c1-3-17-9-4-5-10-18(17)19-13-8-14-21-20(19)11-6-7-12-22(21)23-15-16(23)2/h3-5,8-10,13-14,16H,1,6-7,11-12,15H2,2H3. The first kappa shape index (κ1) is 14.5. The van der Waals surface area contributed by atoms with Gasteiger partial charge in [0.1, 0.15) is 0 Å². The Bertz CT molecular complexity index is 791. The molecule has 0 spiro atoms. The molecule has 1 atom stereocenters. The second kappa shape index (κ2) is 5.85. The zero-order valence-electron chi connectivity index (χ0n) is 13.9. The van der Waals surface area contributed by atoms with Crippen molar-refractivity contribution < 1.29 is 0 Å². The average Bonchev–Trinajstić information content (AvgIpc) is 3.34.